The van der Waals surface area contributed by atoms with Gasteiger partial charge in [-0.1, -0.05) is 45.6 Å². The van der Waals surface area contributed by atoms with Crippen LogP contribution >= 0.6 is 0 Å². The Labute approximate surface area is 210 Å². The largest absolute Gasteiger partial charge is 0.491 e. The highest BCUT2D eigenvalue weighted by Crippen LogP contribution is 2.50. The monoisotopic (exact) mass is 477 g/mol. The van der Waals surface area contributed by atoms with Crippen LogP contribution in [0.5, 0.6) is 5.75 Å². The van der Waals surface area contributed by atoms with Crippen LogP contribution < -0.4 is 4.74 Å². The minimum atomic E-state index is -0.960. The molecule has 1 unspecified atom stereocenters. The quantitative estimate of drug-likeness (QED) is 0.438. The van der Waals surface area contributed by atoms with E-state index in [4.69, 9.17) is 9.47 Å². The summed E-state index contributed by atoms with van der Waals surface area (Å²) in [7, 11) is 3.45. The van der Waals surface area contributed by atoms with Crippen LogP contribution in [-0.4, -0.2) is 49.8 Å². The molecule has 35 heavy (non-hydrogen) atoms. The maximum absolute atomic E-state index is 12.1. The average molecular weight is 478 g/mol. The Hall–Kier alpha value is -2.81. The molecule has 2 aromatic rings. The number of carbonyl (C=O) groups is 1. The maximum Gasteiger partial charge on any atom is 0.253 e. The fourth-order valence-corrected chi connectivity index (χ4v) is 4.57. The van der Waals surface area contributed by atoms with Crippen LogP contribution in [0.2, 0.25) is 0 Å². The van der Waals surface area contributed by atoms with Crippen molar-refractivity contribution in [2.45, 2.75) is 64.4 Å². The zero-order chi connectivity index (χ0) is 25.8. The summed E-state index contributed by atoms with van der Waals surface area (Å²) in [6, 6.07) is 11.2. The van der Waals surface area contributed by atoms with Crippen LogP contribution in [0.15, 0.2) is 36.4 Å². The molecule has 5 heteroatoms. The van der Waals surface area contributed by atoms with Gasteiger partial charge in [-0.15, -0.1) is 0 Å². The molecule has 0 spiro atoms. The Morgan fingerprint density at radius 2 is 1.71 bits per heavy atom. The number of benzene rings is 2. The summed E-state index contributed by atoms with van der Waals surface area (Å²) in [5.41, 5.74) is 4.46. The number of amides is 1. The first kappa shape index (κ1) is 26.8. The number of fused-ring (bicyclic) bond motifs is 1. The van der Waals surface area contributed by atoms with E-state index < -0.39 is 6.10 Å². The summed E-state index contributed by atoms with van der Waals surface area (Å²) in [6.07, 6.45) is 1.18. The molecule has 3 rings (SSSR count). The summed E-state index contributed by atoms with van der Waals surface area (Å²) in [5, 5.41) is 11.0. The van der Waals surface area contributed by atoms with Crippen LogP contribution in [0.4, 0.5) is 0 Å². The second-order valence-corrected chi connectivity index (χ2v) is 10.7. The zero-order valence-electron chi connectivity index (χ0n) is 22.2. The van der Waals surface area contributed by atoms with Gasteiger partial charge >= 0.3 is 0 Å². The molecule has 1 aliphatic carbocycles. The minimum Gasteiger partial charge on any atom is -0.491 e. The average Bonchev–Trinajstić information content (AvgIpc) is 2.82. The van der Waals surface area contributed by atoms with Gasteiger partial charge in [0, 0.05) is 37.4 Å². The Balaban J connectivity index is 1.94. The van der Waals surface area contributed by atoms with E-state index in [1.54, 1.807) is 38.4 Å². The number of hydrogen-bond donors (Lipinski definition) is 1. The fraction of sp³-hybridized carbons (Fsp3) is 0.500. The van der Waals surface area contributed by atoms with Crippen LogP contribution in [0.25, 0.3) is 0 Å². The lowest BCUT2D eigenvalue weighted by Crippen LogP contribution is -2.34. The topological polar surface area (TPSA) is 59.0 Å². The molecule has 2 aromatic carbocycles. The summed E-state index contributed by atoms with van der Waals surface area (Å²) < 4.78 is 11.7. The Morgan fingerprint density at radius 3 is 2.34 bits per heavy atom. The predicted molar refractivity (Wildman–Crippen MR) is 140 cm³/mol. The molecule has 0 saturated heterocycles. The fourth-order valence-electron chi connectivity index (χ4n) is 4.57. The van der Waals surface area contributed by atoms with Gasteiger partial charge in [-0.2, -0.15) is 0 Å². The molecule has 0 bridgehead atoms. The van der Waals surface area contributed by atoms with Crippen molar-refractivity contribution < 1.29 is 19.4 Å². The molecular weight excluding hydrogens is 438 g/mol. The van der Waals surface area contributed by atoms with Gasteiger partial charge in [-0.25, -0.2) is 0 Å². The second kappa shape index (κ2) is 10.8. The van der Waals surface area contributed by atoms with Gasteiger partial charge in [0.05, 0.1) is 6.61 Å². The van der Waals surface area contributed by atoms with Crippen LogP contribution in [0.3, 0.4) is 0 Å². The lowest BCUT2D eigenvalue weighted by atomic mass is 9.62. The van der Waals surface area contributed by atoms with Gasteiger partial charge in [0.15, 0.2) is 0 Å². The van der Waals surface area contributed by atoms with Gasteiger partial charge in [-0.3, -0.25) is 4.79 Å². The van der Waals surface area contributed by atoms with Gasteiger partial charge in [-0.05, 0) is 72.1 Å². The van der Waals surface area contributed by atoms with E-state index in [-0.39, 0.29) is 16.7 Å². The van der Waals surface area contributed by atoms with Gasteiger partial charge < -0.3 is 19.5 Å². The SMILES string of the molecule is CCOCCOc1cc(C(O)C#Cc2ccc(C(=O)N(C)C)cc2)cc2c1C(C)(C)CCC2(C)C. The van der Waals surface area contributed by atoms with Crippen LogP contribution in [-0.2, 0) is 15.6 Å². The molecule has 1 aliphatic rings. The molecule has 0 saturated carbocycles. The summed E-state index contributed by atoms with van der Waals surface area (Å²) in [6.45, 7) is 12.6. The van der Waals surface area contributed by atoms with Gasteiger partial charge in [0.1, 0.15) is 18.5 Å². The molecular formula is C30H39NO4. The highest BCUT2D eigenvalue weighted by Gasteiger charge is 2.40. The summed E-state index contributed by atoms with van der Waals surface area (Å²) >= 11 is 0. The molecule has 188 valence electrons. The molecule has 0 radical (unpaired) electrons. The zero-order valence-corrected chi connectivity index (χ0v) is 22.2. The summed E-state index contributed by atoms with van der Waals surface area (Å²) in [4.78, 5) is 13.6. The number of ether oxygens (including phenoxy) is 2. The molecule has 1 N–H and O–H groups in total. The van der Waals surface area contributed by atoms with E-state index in [1.165, 1.54) is 16.0 Å². The third-order valence-corrected chi connectivity index (χ3v) is 6.80. The van der Waals surface area contributed by atoms with Crippen molar-refractivity contribution in [3.8, 4) is 17.6 Å². The van der Waals surface area contributed by atoms with Crippen molar-refractivity contribution in [3.05, 3.63) is 64.2 Å². The van der Waals surface area contributed by atoms with Crippen molar-refractivity contribution in [1.82, 2.24) is 4.90 Å². The number of nitrogens with zero attached hydrogens (tertiary/aromatic N) is 1. The number of carbonyl (C=O) groups excluding carboxylic acids is 1. The lowest BCUT2D eigenvalue weighted by Gasteiger charge is -2.43. The first-order chi connectivity index (χ1) is 16.5. The second-order valence-electron chi connectivity index (χ2n) is 10.7. The molecule has 1 amide bonds. The van der Waals surface area contributed by atoms with Crippen molar-refractivity contribution in [3.63, 3.8) is 0 Å². The normalized spacial score (nSPS) is 16.5. The minimum absolute atomic E-state index is 0.0211. The van der Waals surface area contributed by atoms with E-state index in [2.05, 4.69) is 45.6 Å². The van der Waals surface area contributed by atoms with E-state index in [0.717, 1.165) is 29.7 Å². The smallest absolute Gasteiger partial charge is 0.253 e. The number of aliphatic hydroxyl groups excluding tert-OH is 1. The lowest BCUT2D eigenvalue weighted by molar-refractivity contribution is 0.0827. The predicted octanol–water partition coefficient (Wildman–Crippen LogP) is 5.24. The van der Waals surface area contributed by atoms with Crippen LogP contribution in [0, 0.1) is 11.8 Å². The third kappa shape index (κ3) is 6.25. The molecule has 0 heterocycles. The van der Waals surface area contributed by atoms with E-state index >= 15 is 0 Å². The maximum atomic E-state index is 12.1. The first-order valence-electron chi connectivity index (χ1n) is 12.4. The molecule has 0 fully saturated rings. The van der Waals surface area contributed by atoms with Gasteiger partial charge in [0.25, 0.3) is 5.91 Å². The third-order valence-electron chi connectivity index (χ3n) is 6.80. The Bertz CT molecular complexity index is 1100. The summed E-state index contributed by atoms with van der Waals surface area (Å²) in [5.74, 6) is 6.78. The number of rotatable bonds is 7. The van der Waals surface area contributed by atoms with Crippen molar-refractivity contribution in [2.75, 3.05) is 33.9 Å². The number of hydrogen-bond acceptors (Lipinski definition) is 4. The molecule has 1 atom stereocenters. The first-order valence-corrected chi connectivity index (χ1v) is 12.4. The Kier molecular flexibility index (Phi) is 8.30. The highest BCUT2D eigenvalue weighted by molar-refractivity contribution is 5.93. The van der Waals surface area contributed by atoms with Crippen molar-refractivity contribution >= 4 is 5.91 Å². The molecule has 0 aromatic heterocycles. The van der Waals surface area contributed by atoms with Crippen LogP contribution in [0.1, 0.15) is 86.2 Å². The van der Waals surface area contributed by atoms with E-state index in [0.29, 0.717) is 25.4 Å². The van der Waals surface area contributed by atoms with E-state index in [1.807, 2.05) is 13.0 Å². The molecule has 5 nitrogen and oxygen atoms in total. The highest BCUT2D eigenvalue weighted by atomic mass is 16.5. The van der Waals surface area contributed by atoms with Crippen molar-refractivity contribution in [2.24, 2.45) is 0 Å². The van der Waals surface area contributed by atoms with E-state index in [9.17, 15) is 9.90 Å². The van der Waals surface area contributed by atoms with Gasteiger partial charge in [0.2, 0.25) is 0 Å². The Morgan fingerprint density at radius 1 is 1.06 bits per heavy atom. The molecule has 0 aliphatic heterocycles. The van der Waals surface area contributed by atoms with Crippen molar-refractivity contribution in [1.29, 1.82) is 0 Å². The standard InChI is InChI=1S/C30H39NO4/c1-8-34-17-18-35-26-20-23(19-24-27(26)30(4,5)16-15-29(24,2)3)25(32)14-11-21-9-12-22(13-10-21)28(33)31(6)7/h9-10,12-13,19-20,25,32H,8,15-18H2,1-7H3. The number of aliphatic hydroxyl groups is 1.